The van der Waals surface area contributed by atoms with Crippen molar-refractivity contribution in [1.29, 1.82) is 0 Å². The number of rotatable bonds is 7. The second-order valence-corrected chi connectivity index (χ2v) is 3.67. The normalized spacial score (nSPS) is 11.2. The van der Waals surface area contributed by atoms with Gasteiger partial charge in [-0.2, -0.15) is 0 Å². The van der Waals surface area contributed by atoms with E-state index in [9.17, 15) is 4.79 Å². The summed E-state index contributed by atoms with van der Waals surface area (Å²) in [5.74, 6) is -0.823. The molecular weight excluding hydrogens is 168 g/mol. The zero-order valence-corrected chi connectivity index (χ0v) is 8.38. The van der Waals surface area contributed by atoms with E-state index in [2.05, 4.69) is 6.58 Å². The van der Waals surface area contributed by atoms with E-state index in [0.29, 0.717) is 6.61 Å². The van der Waals surface area contributed by atoms with E-state index in [0.717, 1.165) is 12.8 Å². The third kappa shape index (κ3) is 5.42. The molecule has 0 aromatic heterocycles. The summed E-state index contributed by atoms with van der Waals surface area (Å²) < 4.78 is 5.23. The molecule has 1 N–H and O–H groups in total. The third-order valence-corrected chi connectivity index (χ3v) is 1.74. The summed E-state index contributed by atoms with van der Waals surface area (Å²) >= 11 is 0. The van der Waals surface area contributed by atoms with Gasteiger partial charge in [0.05, 0.1) is 12.0 Å². The first kappa shape index (κ1) is 12.2. The maximum absolute atomic E-state index is 10.6. The molecule has 13 heavy (non-hydrogen) atoms. The fourth-order valence-corrected chi connectivity index (χ4v) is 0.719. The smallest absolute Gasteiger partial charge is 0.311 e. The number of carbonyl (C=O) groups is 1. The quantitative estimate of drug-likeness (QED) is 0.489. The Bertz CT molecular complexity index is 173. The van der Waals surface area contributed by atoms with Crippen molar-refractivity contribution in [2.24, 2.45) is 5.41 Å². The molecule has 0 rings (SSSR count). The summed E-state index contributed by atoms with van der Waals surface area (Å²) in [5.41, 5.74) is -0.784. The van der Waals surface area contributed by atoms with E-state index in [-0.39, 0.29) is 6.61 Å². The minimum Gasteiger partial charge on any atom is -0.481 e. The topological polar surface area (TPSA) is 46.5 Å². The second kappa shape index (κ2) is 5.75. The highest BCUT2D eigenvalue weighted by Gasteiger charge is 2.26. The summed E-state index contributed by atoms with van der Waals surface area (Å²) in [4.78, 5) is 10.6. The van der Waals surface area contributed by atoms with Crippen molar-refractivity contribution < 1.29 is 14.6 Å². The standard InChI is InChI=1S/C10H18O3/c1-4-5-6-7-13-8-10(2,3)9(11)12/h4H,1,5-8H2,2-3H3,(H,11,12). The number of hydrogen-bond acceptors (Lipinski definition) is 2. The molecule has 0 saturated carbocycles. The summed E-state index contributed by atoms with van der Waals surface area (Å²) in [6.07, 6.45) is 3.64. The molecule has 0 aromatic rings. The van der Waals surface area contributed by atoms with Gasteiger partial charge in [-0.15, -0.1) is 6.58 Å². The van der Waals surface area contributed by atoms with Crippen molar-refractivity contribution in [2.75, 3.05) is 13.2 Å². The van der Waals surface area contributed by atoms with E-state index in [1.807, 2.05) is 6.08 Å². The number of unbranched alkanes of at least 4 members (excludes halogenated alkanes) is 1. The van der Waals surface area contributed by atoms with Crippen LogP contribution in [0.3, 0.4) is 0 Å². The Kier molecular flexibility index (Phi) is 5.39. The molecule has 0 unspecified atom stereocenters. The minimum atomic E-state index is -0.823. The van der Waals surface area contributed by atoms with Gasteiger partial charge >= 0.3 is 5.97 Å². The number of ether oxygens (including phenoxy) is 1. The molecule has 0 radical (unpaired) electrons. The van der Waals surface area contributed by atoms with Crippen LogP contribution in [0.5, 0.6) is 0 Å². The lowest BCUT2D eigenvalue weighted by Gasteiger charge is -2.18. The van der Waals surface area contributed by atoms with Crippen LogP contribution in [0, 0.1) is 5.41 Å². The molecule has 0 aromatic carbocycles. The Balaban J connectivity index is 3.52. The molecule has 0 bridgehead atoms. The second-order valence-electron chi connectivity index (χ2n) is 3.67. The first-order valence-corrected chi connectivity index (χ1v) is 4.43. The molecule has 76 valence electrons. The van der Waals surface area contributed by atoms with Crippen LogP contribution in [0.25, 0.3) is 0 Å². The lowest BCUT2D eigenvalue weighted by atomic mass is 9.95. The Morgan fingerprint density at radius 2 is 2.23 bits per heavy atom. The van der Waals surface area contributed by atoms with Crippen LogP contribution in [0.2, 0.25) is 0 Å². The number of hydrogen-bond donors (Lipinski definition) is 1. The van der Waals surface area contributed by atoms with Crippen LogP contribution in [0.1, 0.15) is 26.7 Å². The van der Waals surface area contributed by atoms with Crippen LogP contribution in [0.15, 0.2) is 12.7 Å². The number of carboxylic acids is 1. The van der Waals surface area contributed by atoms with Gasteiger partial charge in [0.1, 0.15) is 0 Å². The molecule has 3 heteroatoms. The predicted molar refractivity (Wildman–Crippen MR) is 51.7 cm³/mol. The summed E-state index contributed by atoms with van der Waals surface area (Å²) in [5, 5.41) is 8.75. The van der Waals surface area contributed by atoms with Gasteiger partial charge in [-0.05, 0) is 26.7 Å². The lowest BCUT2D eigenvalue weighted by Crippen LogP contribution is -2.29. The Hall–Kier alpha value is -0.830. The van der Waals surface area contributed by atoms with E-state index < -0.39 is 11.4 Å². The molecule has 0 saturated heterocycles. The first-order chi connectivity index (χ1) is 6.00. The van der Waals surface area contributed by atoms with Gasteiger partial charge in [0.25, 0.3) is 0 Å². The van der Waals surface area contributed by atoms with Gasteiger partial charge in [-0.25, -0.2) is 0 Å². The van der Waals surface area contributed by atoms with E-state index in [1.165, 1.54) is 0 Å². The summed E-state index contributed by atoms with van der Waals surface area (Å²) in [6, 6.07) is 0. The highest BCUT2D eigenvalue weighted by molar-refractivity contribution is 5.73. The molecule has 0 aliphatic carbocycles. The van der Waals surface area contributed by atoms with Crippen molar-refractivity contribution in [3.8, 4) is 0 Å². The van der Waals surface area contributed by atoms with Crippen molar-refractivity contribution in [3.63, 3.8) is 0 Å². The number of carboxylic acid groups (broad SMARTS) is 1. The summed E-state index contributed by atoms with van der Waals surface area (Å²) in [6.45, 7) is 7.76. The van der Waals surface area contributed by atoms with Crippen LogP contribution in [-0.2, 0) is 9.53 Å². The lowest BCUT2D eigenvalue weighted by molar-refractivity contribution is -0.150. The van der Waals surface area contributed by atoms with Gasteiger partial charge in [-0.1, -0.05) is 6.08 Å². The van der Waals surface area contributed by atoms with Crippen LogP contribution in [0.4, 0.5) is 0 Å². The van der Waals surface area contributed by atoms with Crippen LogP contribution in [-0.4, -0.2) is 24.3 Å². The Labute approximate surface area is 79.4 Å². The van der Waals surface area contributed by atoms with Crippen molar-refractivity contribution in [1.82, 2.24) is 0 Å². The molecule has 0 amide bonds. The maximum atomic E-state index is 10.6. The van der Waals surface area contributed by atoms with Crippen molar-refractivity contribution in [3.05, 3.63) is 12.7 Å². The van der Waals surface area contributed by atoms with E-state index >= 15 is 0 Å². The summed E-state index contributed by atoms with van der Waals surface area (Å²) in [7, 11) is 0. The predicted octanol–water partition coefficient (Wildman–Crippen LogP) is 2.08. The van der Waals surface area contributed by atoms with E-state index in [4.69, 9.17) is 9.84 Å². The van der Waals surface area contributed by atoms with Gasteiger partial charge in [0.15, 0.2) is 0 Å². The average molecular weight is 186 g/mol. The van der Waals surface area contributed by atoms with Crippen molar-refractivity contribution in [2.45, 2.75) is 26.7 Å². The first-order valence-electron chi connectivity index (χ1n) is 4.43. The number of aliphatic carboxylic acids is 1. The van der Waals surface area contributed by atoms with Gasteiger partial charge in [0, 0.05) is 6.61 Å². The maximum Gasteiger partial charge on any atom is 0.311 e. The van der Waals surface area contributed by atoms with Gasteiger partial charge in [0.2, 0.25) is 0 Å². The SMILES string of the molecule is C=CCCCOCC(C)(C)C(=O)O. The van der Waals surface area contributed by atoms with Crippen molar-refractivity contribution >= 4 is 5.97 Å². The van der Waals surface area contributed by atoms with Gasteiger partial charge in [-0.3, -0.25) is 4.79 Å². The molecule has 0 aliphatic heterocycles. The van der Waals surface area contributed by atoms with E-state index in [1.54, 1.807) is 13.8 Å². The molecule has 0 atom stereocenters. The monoisotopic (exact) mass is 186 g/mol. The fourth-order valence-electron chi connectivity index (χ4n) is 0.719. The minimum absolute atomic E-state index is 0.263. The van der Waals surface area contributed by atoms with Crippen LogP contribution >= 0.6 is 0 Å². The molecule has 0 heterocycles. The van der Waals surface area contributed by atoms with Crippen LogP contribution < -0.4 is 0 Å². The van der Waals surface area contributed by atoms with Gasteiger partial charge < -0.3 is 9.84 Å². The zero-order valence-electron chi connectivity index (χ0n) is 8.38. The Morgan fingerprint density at radius 1 is 1.62 bits per heavy atom. The average Bonchev–Trinajstić information content (AvgIpc) is 2.03. The molecule has 3 nitrogen and oxygen atoms in total. The molecule has 0 spiro atoms. The molecule has 0 aliphatic rings. The zero-order chi connectivity index (χ0) is 10.3. The Morgan fingerprint density at radius 3 is 2.69 bits per heavy atom. The fraction of sp³-hybridized carbons (Fsp3) is 0.700. The number of allylic oxidation sites excluding steroid dienone is 1. The molecular formula is C10H18O3. The third-order valence-electron chi connectivity index (χ3n) is 1.74. The highest BCUT2D eigenvalue weighted by atomic mass is 16.5. The largest absolute Gasteiger partial charge is 0.481 e. The molecule has 0 fully saturated rings. The highest BCUT2D eigenvalue weighted by Crippen LogP contribution is 2.15.